The Balaban J connectivity index is 1.63. The molecule has 0 saturated carbocycles. The van der Waals surface area contributed by atoms with Gasteiger partial charge in [-0.05, 0) is 67.2 Å². The monoisotopic (exact) mass is 368 g/mol. The molecule has 0 nitrogen and oxygen atoms in total. The van der Waals surface area contributed by atoms with Gasteiger partial charge in [-0.15, -0.1) is 0 Å². The molecule has 0 heteroatoms. The Morgan fingerprint density at radius 3 is 1.59 bits per heavy atom. The highest BCUT2D eigenvalue weighted by Crippen LogP contribution is 2.36. The van der Waals surface area contributed by atoms with Gasteiger partial charge in [-0.2, -0.15) is 0 Å². The van der Waals surface area contributed by atoms with Crippen molar-refractivity contribution in [3.63, 3.8) is 0 Å². The Morgan fingerprint density at radius 1 is 0.379 bits per heavy atom. The molecule has 0 fully saturated rings. The second-order valence-electron chi connectivity index (χ2n) is 7.91. The normalized spacial score (nSPS) is 11.6. The molecular weight excluding hydrogens is 348 g/mol. The zero-order valence-corrected chi connectivity index (χ0v) is 16.3. The fourth-order valence-corrected chi connectivity index (χ4v) is 4.63. The van der Waals surface area contributed by atoms with Crippen molar-refractivity contribution in [3.05, 3.63) is 109 Å². The molecule has 0 saturated heterocycles. The van der Waals surface area contributed by atoms with Crippen molar-refractivity contribution in [2.75, 3.05) is 0 Å². The zero-order valence-electron chi connectivity index (χ0n) is 16.3. The van der Waals surface area contributed by atoms with Crippen molar-refractivity contribution in [1.82, 2.24) is 0 Å². The molecule has 0 bridgehead atoms. The average molecular weight is 368 g/mol. The lowest BCUT2D eigenvalue weighted by Crippen LogP contribution is -1.84. The molecule has 6 rings (SSSR count). The summed E-state index contributed by atoms with van der Waals surface area (Å²) in [5.74, 6) is 0. The Bertz CT molecular complexity index is 1540. The quantitative estimate of drug-likeness (QED) is 0.256. The fraction of sp³-hybridized carbons (Fsp3) is 0.0345. The van der Waals surface area contributed by atoms with E-state index in [2.05, 4.69) is 110 Å². The maximum Gasteiger partial charge on any atom is -0.00987 e. The molecule has 29 heavy (non-hydrogen) atoms. The molecule has 6 aromatic rings. The van der Waals surface area contributed by atoms with Gasteiger partial charge < -0.3 is 0 Å². The topological polar surface area (TPSA) is 0 Å². The summed E-state index contributed by atoms with van der Waals surface area (Å²) in [6.45, 7) is 2.15. The number of rotatable bonds is 1. The SMILES string of the molecule is Cc1ccc2c(ccc3c2ccc2c4ccc(-c5ccccc5)cc4ccc23)c1. The number of aryl methyl sites for hydroxylation is 1. The summed E-state index contributed by atoms with van der Waals surface area (Å²) in [7, 11) is 0. The lowest BCUT2D eigenvalue weighted by molar-refractivity contribution is 1.51. The van der Waals surface area contributed by atoms with Crippen LogP contribution in [0, 0.1) is 6.92 Å². The van der Waals surface area contributed by atoms with Crippen LogP contribution >= 0.6 is 0 Å². The summed E-state index contributed by atoms with van der Waals surface area (Å²) in [6.07, 6.45) is 0. The summed E-state index contributed by atoms with van der Waals surface area (Å²) in [6, 6.07) is 37.8. The molecule has 0 N–H and O–H groups in total. The molecule has 0 aliphatic heterocycles. The van der Waals surface area contributed by atoms with E-state index < -0.39 is 0 Å². The van der Waals surface area contributed by atoms with Crippen LogP contribution < -0.4 is 0 Å². The highest BCUT2D eigenvalue weighted by Gasteiger charge is 2.08. The van der Waals surface area contributed by atoms with Crippen LogP contribution in [0.25, 0.3) is 54.2 Å². The third-order valence-corrected chi connectivity index (χ3v) is 6.09. The Morgan fingerprint density at radius 2 is 0.897 bits per heavy atom. The number of benzene rings is 6. The van der Waals surface area contributed by atoms with Crippen molar-refractivity contribution in [1.29, 1.82) is 0 Å². The first-order chi connectivity index (χ1) is 14.3. The van der Waals surface area contributed by atoms with Crippen molar-refractivity contribution in [3.8, 4) is 11.1 Å². The van der Waals surface area contributed by atoms with Gasteiger partial charge in [-0.25, -0.2) is 0 Å². The second-order valence-corrected chi connectivity index (χ2v) is 7.91. The largest absolute Gasteiger partial charge is 0.0622 e. The average Bonchev–Trinajstić information content (AvgIpc) is 2.78. The number of hydrogen-bond acceptors (Lipinski definition) is 0. The van der Waals surface area contributed by atoms with Crippen molar-refractivity contribution >= 4 is 43.1 Å². The van der Waals surface area contributed by atoms with Crippen molar-refractivity contribution in [2.24, 2.45) is 0 Å². The van der Waals surface area contributed by atoms with Crippen LogP contribution in [-0.2, 0) is 0 Å². The smallest absolute Gasteiger partial charge is 0.00987 e. The summed E-state index contributed by atoms with van der Waals surface area (Å²) in [5.41, 5.74) is 3.83. The minimum absolute atomic E-state index is 1.26. The molecule has 0 aliphatic rings. The molecule has 0 amide bonds. The van der Waals surface area contributed by atoms with Crippen LogP contribution in [0.1, 0.15) is 5.56 Å². The molecule has 0 heterocycles. The van der Waals surface area contributed by atoms with E-state index in [0.29, 0.717) is 0 Å². The van der Waals surface area contributed by atoms with E-state index in [9.17, 15) is 0 Å². The Kier molecular flexibility index (Phi) is 3.48. The first-order valence-corrected chi connectivity index (χ1v) is 10.1. The summed E-state index contributed by atoms with van der Waals surface area (Å²) >= 11 is 0. The van der Waals surface area contributed by atoms with E-state index >= 15 is 0 Å². The van der Waals surface area contributed by atoms with E-state index in [0.717, 1.165) is 0 Å². The zero-order chi connectivity index (χ0) is 19.4. The minimum Gasteiger partial charge on any atom is -0.0622 e. The van der Waals surface area contributed by atoms with Crippen LogP contribution in [0.3, 0.4) is 0 Å². The van der Waals surface area contributed by atoms with Gasteiger partial charge in [0.05, 0.1) is 0 Å². The second kappa shape index (κ2) is 6.18. The molecule has 6 aromatic carbocycles. The van der Waals surface area contributed by atoms with Crippen LogP contribution in [0.2, 0.25) is 0 Å². The molecule has 0 spiro atoms. The van der Waals surface area contributed by atoms with E-state index in [1.165, 1.54) is 59.8 Å². The van der Waals surface area contributed by atoms with Crippen LogP contribution in [0.15, 0.2) is 103 Å². The van der Waals surface area contributed by atoms with Gasteiger partial charge in [0, 0.05) is 0 Å². The van der Waals surface area contributed by atoms with Gasteiger partial charge in [0.1, 0.15) is 0 Å². The van der Waals surface area contributed by atoms with Gasteiger partial charge >= 0.3 is 0 Å². The molecule has 0 unspecified atom stereocenters. The standard InChI is InChI=1S/C29H20/c1-19-7-11-24-22(17-19)9-13-28-26(24)15-16-27-25-12-8-21(20-5-3-2-4-6-20)18-23(25)10-14-29(27)28/h2-18H,1H3. The van der Waals surface area contributed by atoms with Gasteiger partial charge in [0.2, 0.25) is 0 Å². The van der Waals surface area contributed by atoms with Crippen molar-refractivity contribution < 1.29 is 0 Å². The van der Waals surface area contributed by atoms with Crippen molar-refractivity contribution in [2.45, 2.75) is 6.92 Å². The third-order valence-electron chi connectivity index (χ3n) is 6.09. The predicted octanol–water partition coefficient (Wildman–Crippen LogP) is 8.27. The Labute approximate surface area is 170 Å². The van der Waals surface area contributed by atoms with E-state index in [1.807, 2.05) is 0 Å². The van der Waals surface area contributed by atoms with Gasteiger partial charge in [-0.3, -0.25) is 0 Å². The molecule has 0 aliphatic carbocycles. The highest BCUT2D eigenvalue weighted by atomic mass is 14.1. The van der Waals surface area contributed by atoms with Gasteiger partial charge in [0.25, 0.3) is 0 Å². The minimum atomic E-state index is 1.26. The molecule has 0 radical (unpaired) electrons. The highest BCUT2D eigenvalue weighted by molar-refractivity contribution is 6.22. The summed E-state index contributed by atoms with van der Waals surface area (Å²) in [5, 5.41) is 10.5. The molecule has 136 valence electrons. The summed E-state index contributed by atoms with van der Waals surface area (Å²) in [4.78, 5) is 0. The third kappa shape index (κ3) is 2.53. The van der Waals surface area contributed by atoms with E-state index in [-0.39, 0.29) is 0 Å². The lowest BCUT2D eigenvalue weighted by atomic mass is 9.93. The lowest BCUT2D eigenvalue weighted by Gasteiger charge is -2.11. The molecule has 0 atom stereocenters. The summed E-state index contributed by atoms with van der Waals surface area (Å²) < 4.78 is 0. The first kappa shape index (κ1) is 16.3. The maximum atomic E-state index is 2.30. The Hall–Kier alpha value is -3.64. The van der Waals surface area contributed by atoms with Gasteiger partial charge in [-0.1, -0.05) is 103 Å². The maximum absolute atomic E-state index is 2.30. The predicted molar refractivity (Wildman–Crippen MR) is 127 cm³/mol. The number of fused-ring (bicyclic) bond motifs is 7. The van der Waals surface area contributed by atoms with E-state index in [1.54, 1.807) is 0 Å². The number of hydrogen-bond donors (Lipinski definition) is 0. The van der Waals surface area contributed by atoms with Crippen LogP contribution in [0.4, 0.5) is 0 Å². The van der Waals surface area contributed by atoms with Crippen LogP contribution in [-0.4, -0.2) is 0 Å². The molecular formula is C29H20. The van der Waals surface area contributed by atoms with Crippen LogP contribution in [0.5, 0.6) is 0 Å². The molecule has 0 aromatic heterocycles. The fourth-order valence-electron chi connectivity index (χ4n) is 4.63. The first-order valence-electron chi connectivity index (χ1n) is 10.1. The van der Waals surface area contributed by atoms with E-state index in [4.69, 9.17) is 0 Å². The van der Waals surface area contributed by atoms with Gasteiger partial charge in [0.15, 0.2) is 0 Å².